The van der Waals surface area contributed by atoms with Crippen LogP contribution in [0.2, 0.25) is 0 Å². The minimum Gasteiger partial charge on any atom is -0.481 e. The van der Waals surface area contributed by atoms with Crippen molar-refractivity contribution in [3.63, 3.8) is 0 Å². The summed E-state index contributed by atoms with van der Waals surface area (Å²) < 4.78 is 0. The Morgan fingerprint density at radius 3 is 1.93 bits per heavy atom. The fourth-order valence-electron chi connectivity index (χ4n) is 3.28. The average Bonchev–Trinajstić information content (AvgIpc) is 2.99. The number of aliphatic carboxylic acids is 2. The number of nitrogens with zero attached hydrogens (tertiary/aromatic N) is 1. The van der Waals surface area contributed by atoms with Gasteiger partial charge in [0.25, 0.3) is 11.9 Å². The molecule has 2 fully saturated rings. The maximum Gasteiger partial charge on any atom is 0.300 e. The van der Waals surface area contributed by atoms with Crippen LogP contribution in [0.4, 0.5) is 0 Å². The zero-order valence-electron chi connectivity index (χ0n) is 16.8. The van der Waals surface area contributed by atoms with Crippen LogP contribution in [0.3, 0.4) is 0 Å². The van der Waals surface area contributed by atoms with E-state index in [1.165, 1.54) is 19.3 Å². The summed E-state index contributed by atoms with van der Waals surface area (Å²) in [6.07, 6.45) is 6.25. The molecule has 0 spiro atoms. The molecule has 0 aromatic heterocycles. The monoisotopic (exact) mass is 389 g/mol. The second-order valence-corrected chi connectivity index (χ2v) is 7.29. The number of nitrogens with one attached hydrogen (secondary N) is 2. The van der Waals surface area contributed by atoms with E-state index in [0.717, 1.165) is 26.7 Å². The maximum absolute atomic E-state index is 12.1. The van der Waals surface area contributed by atoms with Crippen LogP contribution in [0.25, 0.3) is 0 Å². The standard InChI is InChI=1S/C14H27N3O2.2C2H4O2/c1-17(2)14(6-4-3-5-7-14)10-16-13(19)12-8-11(18)9-15-12;2*1-2(3)4/h11-12,15,18H,3-10H2,1-2H3,(H,16,19);2*1H3,(H,3,4)/t11-,12-;;/m1../s1. The lowest BCUT2D eigenvalue weighted by molar-refractivity contribution is -0.135. The minimum absolute atomic E-state index is 0.0309. The van der Waals surface area contributed by atoms with E-state index in [2.05, 4.69) is 29.6 Å². The Labute approximate surface area is 161 Å². The molecule has 5 N–H and O–H groups in total. The van der Waals surface area contributed by atoms with Crippen molar-refractivity contribution in [3.05, 3.63) is 0 Å². The van der Waals surface area contributed by atoms with Gasteiger partial charge in [0.15, 0.2) is 0 Å². The third-order valence-electron chi connectivity index (χ3n) is 4.75. The molecule has 1 aliphatic carbocycles. The van der Waals surface area contributed by atoms with Crippen molar-refractivity contribution < 1.29 is 29.7 Å². The SMILES string of the molecule is CC(=O)O.CC(=O)O.CN(C)C1(CNC(=O)[C@H]2C[C@@H](O)CN2)CCCCC1. The molecule has 158 valence electrons. The topological polar surface area (TPSA) is 139 Å². The zero-order chi connectivity index (χ0) is 21.0. The van der Waals surface area contributed by atoms with Crippen molar-refractivity contribution in [1.29, 1.82) is 0 Å². The molecule has 1 amide bonds. The zero-order valence-corrected chi connectivity index (χ0v) is 16.8. The molecule has 0 aromatic rings. The highest BCUT2D eigenvalue weighted by molar-refractivity contribution is 5.82. The van der Waals surface area contributed by atoms with E-state index in [1.54, 1.807) is 0 Å². The number of likely N-dealkylation sites (N-methyl/N-ethyl adjacent to an activating group) is 1. The van der Waals surface area contributed by atoms with Gasteiger partial charge in [-0.05, 0) is 33.4 Å². The van der Waals surface area contributed by atoms with E-state index in [-0.39, 0.29) is 23.6 Å². The van der Waals surface area contributed by atoms with Gasteiger partial charge in [0, 0.05) is 32.5 Å². The van der Waals surface area contributed by atoms with E-state index in [0.29, 0.717) is 19.5 Å². The van der Waals surface area contributed by atoms with Crippen LogP contribution in [0.15, 0.2) is 0 Å². The summed E-state index contributed by atoms with van der Waals surface area (Å²) in [6, 6.07) is -0.224. The van der Waals surface area contributed by atoms with E-state index in [4.69, 9.17) is 19.8 Å². The number of hydrogen-bond acceptors (Lipinski definition) is 6. The van der Waals surface area contributed by atoms with Gasteiger partial charge in [0.1, 0.15) is 0 Å². The molecular formula is C18H35N3O6. The Kier molecular flexibility index (Phi) is 11.8. The lowest BCUT2D eigenvalue weighted by Crippen LogP contribution is -2.55. The number of aliphatic hydroxyl groups is 1. The lowest BCUT2D eigenvalue weighted by atomic mass is 9.80. The van der Waals surface area contributed by atoms with Crippen LogP contribution < -0.4 is 10.6 Å². The van der Waals surface area contributed by atoms with Crippen molar-refractivity contribution >= 4 is 17.8 Å². The molecule has 0 radical (unpaired) electrons. The number of hydrogen-bond donors (Lipinski definition) is 5. The third kappa shape index (κ3) is 10.9. The normalized spacial score (nSPS) is 23.3. The van der Waals surface area contributed by atoms with Crippen molar-refractivity contribution in [2.24, 2.45) is 0 Å². The summed E-state index contributed by atoms with van der Waals surface area (Å²) in [5, 5.41) is 30.4. The molecule has 9 heteroatoms. The number of carbonyl (C=O) groups excluding carboxylic acids is 1. The van der Waals surface area contributed by atoms with Gasteiger partial charge in [-0.2, -0.15) is 0 Å². The van der Waals surface area contributed by atoms with Crippen molar-refractivity contribution in [1.82, 2.24) is 15.5 Å². The van der Waals surface area contributed by atoms with Crippen LogP contribution in [-0.4, -0.2) is 82.9 Å². The Balaban J connectivity index is 0.000000718. The van der Waals surface area contributed by atoms with Gasteiger partial charge in [-0.3, -0.25) is 14.4 Å². The van der Waals surface area contributed by atoms with Gasteiger partial charge in [0.05, 0.1) is 12.1 Å². The van der Waals surface area contributed by atoms with Gasteiger partial charge in [-0.1, -0.05) is 19.3 Å². The molecule has 1 saturated carbocycles. The highest BCUT2D eigenvalue weighted by Gasteiger charge is 2.36. The first-order valence-corrected chi connectivity index (χ1v) is 9.26. The second-order valence-electron chi connectivity index (χ2n) is 7.29. The van der Waals surface area contributed by atoms with Gasteiger partial charge >= 0.3 is 0 Å². The first-order chi connectivity index (χ1) is 12.5. The molecule has 27 heavy (non-hydrogen) atoms. The number of rotatable bonds is 4. The highest BCUT2D eigenvalue weighted by atomic mass is 16.4. The molecule has 0 bridgehead atoms. The molecular weight excluding hydrogens is 354 g/mol. The third-order valence-corrected chi connectivity index (χ3v) is 4.75. The average molecular weight is 389 g/mol. The van der Waals surface area contributed by atoms with Gasteiger partial charge in [-0.15, -0.1) is 0 Å². The molecule has 9 nitrogen and oxygen atoms in total. The predicted octanol–water partition coefficient (Wildman–Crippen LogP) is 0.272. The van der Waals surface area contributed by atoms with Crippen LogP contribution in [0, 0.1) is 0 Å². The summed E-state index contributed by atoms with van der Waals surface area (Å²) in [5.74, 6) is -1.64. The Morgan fingerprint density at radius 2 is 1.56 bits per heavy atom. The summed E-state index contributed by atoms with van der Waals surface area (Å²) in [6.45, 7) is 3.41. The van der Waals surface area contributed by atoms with Crippen molar-refractivity contribution in [2.45, 2.75) is 70.1 Å². The van der Waals surface area contributed by atoms with Crippen molar-refractivity contribution in [3.8, 4) is 0 Å². The molecule has 2 aliphatic rings. The Bertz CT molecular complexity index is 458. The predicted molar refractivity (Wildman–Crippen MR) is 102 cm³/mol. The molecule has 0 unspecified atom stereocenters. The molecule has 1 saturated heterocycles. The molecule has 1 heterocycles. The summed E-state index contributed by atoms with van der Waals surface area (Å²) in [4.78, 5) is 32.4. The van der Waals surface area contributed by atoms with E-state index >= 15 is 0 Å². The van der Waals surface area contributed by atoms with E-state index in [9.17, 15) is 9.90 Å². The summed E-state index contributed by atoms with van der Waals surface area (Å²) >= 11 is 0. The van der Waals surface area contributed by atoms with Crippen LogP contribution >= 0.6 is 0 Å². The fourth-order valence-corrected chi connectivity index (χ4v) is 3.28. The summed E-state index contributed by atoms with van der Waals surface area (Å²) in [7, 11) is 4.21. The first-order valence-electron chi connectivity index (χ1n) is 9.26. The molecule has 0 aromatic carbocycles. The van der Waals surface area contributed by atoms with Crippen LogP contribution in [0.1, 0.15) is 52.4 Å². The van der Waals surface area contributed by atoms with Crippen LogP contribution in [-0.2, 0) is 14.4 Å². The van der Waals surface area contributed by atoms with Gasteiger partial charge in [-0.25, -0.2) is 0 Å². The number of amides is 1. The van der Waals surface area contributed by atoms with E-state index < -0.39 is 11.9 Å². The Morgan fingerprint density at radius 1 is 1.07 bits per heavy atom. The number of β-amino-alcohol motifs (C(OH)–C–C–N with tert-alkyl or cyclic N) is 1. The fraction of sp³-hybridized carbons (Fsp3) is 0.833. The van der Waals surface area contributed by atoms with Gasteiger partial charge in [0.2, 0.25) is 5.91 Å². The number of carboxylic acids is 2. The maximum atomic E-state index is 12.1. The number of aliphatic hydroxyl groups excluding tert-OH is 1. The van der Waals surface area contributed by atoms with Crippen molar-refractivity contribution in [2.75, 3.05) is 27.2 Å². The minimum atomic E-state index is -0.833. The van der Waals surface area contributed by atoms with E-state index in [1.807, 2.05) is 0 Å². The second kappa shape index (κ2) is 12.6. The number of carbonyl (C=O) groups is 3. The van der Waals surface area contributed by atoms with Gasteiger partial charge < -0.3 is 30.9 Å². The smallest absolute Gasteiger partial charge is 0.300 e. The summed E-state index contributed by atoms with van der Waals surface area (Å²) in [5.41, 5.74) is 0.116. The quantitative estimate of drug-likeness (QED) is 0.462. The highest BCUT2D eigenvalue weighted by Crippen LogP contribution is 2.31. The molecule has 2 rings (SSSR count). The number of carboxylic acid groups (broad SMARTS) is 2. The first kappa shape index (κ1) is 25.3. The van der Waals surface area contributed by atoms with Crippen LogP contribution in [0.5, 0.6) is 0 Å². The lowest BCUT2D eigenvalue weighted by Gasteiger charge is -2.43. The largest absolute Gasteiger partial charge is 0.481 e. The Hall–Kier alpha value is -1.71. The molecule has 1 aliphatic heterocycles. The molecule has 2 atom stereocenters.